The molecule has 0 aromatic carbocycles. The van der Waals surface area contributed by atoms with Gasteiger partial charge in [0.05, 0.1) is 21.1 Å². The van der Waals surface area contributed by atoms with Crippen molar-refractivity contribution in [2.24, 2.45) is 0 Å². The molecule has 0 aliphatic carbocycles. The molecule has 0 aliphatic heterocycles. The van der Waals surface area contributed by atoms with Crippen molar-refractivity contribution in [2.45, 2.75) is 251 Å². The molecule has 0 aliphatic rings. The van der Waals surface area contributed by atoms with Gasteiger partial charge in [-0.1, -0.05) is 219 Å². The number of phosphoric ester groups is 1. The maximum Gasteiger partial charge on any atom is 0.471 e. The normalized spacial score (nSPS) is 12.5. The van der Waals surface area contributed by atoms with E-state index >= 15 is 0 Å². The van der Waals surface area contributed by atoms with Crippen molar-refractivity contribution in [2.75, 3.05) is 27.7 Å². The summed E-state index contributed by atoms with van der Waals surface area (Å²) in [5.74, 6) is -0.960. The molecular weight excluding hydrogens is 681 g/mol. The lowest BCUT2D eigenvalue weighted by Crippen LogP contribution is -2.59. The van der Waals surface area contributed by atoms with Crippen LogP contribution in [-0.4, -0.2) is 59.1 Å². The van der Waals surface area contributed by atoms with Crippen molar-refractivity contribution in [1.29, 1.82) is 0 Å². The number of carbonyl (C=O) groups is 2. The summed E-state index contributed by atoms with van der Waals surface area (Å²) in [6, 6.07) is 0. The Labute approximate surface area is 329 Å². The SMILES string of the molecule is CCCCCCCCCCCCCCCCCCCC(=O)C(C[N+](C)(C)C)(OP(=O)(O)O)C(=O)CCCCCCCCCCCCCCCCCCC. The summed E-state index contributed by atoms with van der Waals surface area (Å²) in [4.78, 5) is 47.1. The highest BCUT2D eigenvalue weighted by Crippen LogP contribution is 2.44. The van der Waals surface area contributed by atoms with Crippen LogP contribution in [0.3, 0.4) is 0 Å². The summed E-state index contributed by atoms with van der Waals surface area (Å²) in [5, 5.41) is 0. The van der Waals surface area contributed by atoms with Crippen LogP contribution in [0, 0.1) is 0 Å². The van der Waals surface area contributed by atoms with Crippen molar-refractivity contribution in [3.63, 3.8) is 0 Å². The Morgan fingerprint density at radius 1 is 0.434 bits per heavy atom. The van der Waals surface area contributed by atoms with Gasteiger partial charge in [-0.05, 0) is 12.8 Å². The van der Waals surface area contributed by atoms with E-state index in [4.69, 9.17) is 4.52 Å². The molecule has 7 nitrogen and oxygen atoms in total. The number of Topliss-reactive ketones (excluding diaryl/α,β-unsaturated/α-hetero) is 2. The average Bonchev–Trinajstić information content (AvgIpc) is 3.09. The lowest BCUT2D eigenvalue weighted by Gasteiger charge is -2.37. The van der Waals surface area contributed by atoms with E-state index in [0.29, 0.717) is 12.8 Å². The number of quaternary nitrogens is 1. The molecule has 0 aromatic rings. The van der Waals surface area contributed by atoms with E-state index < -0.39 is 25.0 Å². The van der Waals surface area contributed by atoms with Crippen LogP contribution in [0.25, 0.3) is 0 Å². The Bertz CT molecular complexity index is 848. The fourth-order valence-electron chi connectivity index (χ4n) is 7.76. The first-order valence-electron chi connectivity index (χ1n) is 23.0. The van der Waals surface area contributed by atoms with Gasteiger partial charge >= 0.3 is 7.82 Å². The first kappa shape index (κ1) is 52.4. The Morgan fingerprint density at radius 3 is 0.830 bits per heavy atom. The fraction of sp³-hybridized carbons (Fsp3) is 0.956. The number of phosphoric acid groups is 1. The van der Waals surface area contributed by atoms with Crippen LogP contribution in [0.15, 0.2) is 0 Å². The minimum absolute atomic E-state index is 0.0896. The molecule has 0 amide bonds. The molecule has 0 rings (SSSR count). The maximum absolute atomic E-state index is 13.7. The number of rotatable bonds is 42. The second kappa shape index (κ2) is 34.6. The molecule has 0 radical (unpaired) electrons. The lowest BCUT2D eigenvalue weighted by atomic mass is 9.86. The number of hydrogen-bond acceptors (Lipinski definition) is 4. The third-order valence-electron chi connectivity index (χ3n) is 10.9. The lowest BCUT2D eigenvalue weighted by molar-refractivity contribution is -0.874. The number of ketones is 2. The quantitative estimate of drug-likeness (QED) is 0.0277. The number of nitrogens with zero attached hydrogens (tertiary/aromatic N) is 1. The summed E-state index contributed by atoms with van der Waals surface area (Å²) in [6.07, 6.45) is 42.4. The first-order chi connectivity index (χ1) is 25.4. The summed E-state index contributed by atoms with van der Waals surface area (Å²) >= 11 is 0. The van der Waals surface area contributed by atoms with Crippen molar-refractivity contribution in [3.05, 3.63) is 0 Å². The van der Waals surface area contributed by atoms with Crippen LogP contribution in [0.4, 0.5) is 0 Å². The molecule has 0 unspecified atom stereocenters. The van der Waals surface area contributed by atoms with E-state index in [9.17, 15) is 23.9 Å². The van der Waals surface area contributed by atoms with Gasteiger partial charge in [-0.3, -0.25) is 14.1 Å². The van der Waals surface area contributed by atoms with Gasteiger partial charge in [-0.25, -0.2) is 4.57 Å². The minimum Gasteiger partial charge on any atom is -0.328 e. The first-order valence-corrected chi connectivity index (χ1v) is 24.5. The van der Waals surface area contributed by atoms with E-state index in [1.807, 2.05) is 21.1 Å². The number of carbonyl (C=O) groups excluding carboxylic acids is 2. The van der Waals surface area contributed by atoms with E-state index in [1.54, 1.807) is 0 Å². The van der Waals surface area contributed by atoms with Gasteiger partial charge in [-0.2, -0.15) is 0 Å². The zero-order valence-corrected chi connectivity index (χ0v) is 37.0. The topological polar surface area (TPSA) is 101 Å². The van der Waals surface area contributed by atoms with Gasteiger partial charge in [-0.15, -0.1) is 0 Å². The van der Waals surface area contributed by atoms with Gasteiger partial charge in [0.15, 0.2) is 11.6 Å². The van der Waals surface area contributed by atoms with Gasteiger partial charge in [0.25, 0.3) is 0 Å². The van der Waals surface area contributed by atoms with E-state index in [0.717, 1.165) is 38.5 Å². The van der Waals surface area contributed by atoms with Crippen molar-refractivity contribution in [1.82, 2.24) is 0 Å². The summed E-state index contributed by atoms with van der Waals surface area (Å²) in [7, 11) is 0.382. The Balaban J connectivity index is 4.40. The van der Waals surface area contributed by atoms with Crippen molar-refractivity contribution in [3.8, 4) is 0 Å². The van der Waals surface area contributed by atoms with Gasteiger partial charge in [0, 0.05) is 12.8 Å². The average molecular weight is 773 g/mol. The number of unbranched alkanes of at least 4 members (excludes halogenated alkanes) is 32. The zero-order chi connectivity index (χ0) is 39.5. The largest absolute Gasteiger partial charge is 0.471 e. The Morgan fingerprint density at radius 2 is 0.642 bits per heavy atom. The molecule has 0 spiro atoms. The molecule has 0 fully saturated rings. The van der Waals surface area contributed by atoms with Crippen LogP contribution in [0.2, 0.25) is 0 Å². The summed E-state index contributed by atoms with van der Waals surface area (Å²) in [6.45, 7) is 4.45. The highest BCUT2D eigenvalue weighted by Gasteiger charge is 2.53. The van der Waals surface area contributed by atoms with Crippen molar-refractivity contribution < 1.29 is 32.9 Å². The molecule has 8 heteroatoms. The predicted octanol–water partition coefficient (Wildman–Crippen LogP) is 13.8. The minimum atomic E-state index is -5.09. The third-order valence-corrected chi connectivity index (χ3v) is 11.4. The maximum atomic E-state index is 13.7. The molecule has 2 N–H and O–H groups in total. The van der Waals surface area contributed by atoms with Crippen LogP contribution in [0.1, 0.15) is 245 Å². The molecule has 0 saturated heterocycles. The predicted molar refractivity (Wildman–Crippen MR) is 226 cm³/mol. The fourth-order valence-corrected chi connectivity index (χ4v) is 8.43. The molecular formula is C45H91NO6P+. The molecule has 0 saturated carbocycles. The molecule has 316 valence electrons. The van der Waals surface area contributed by atoms with Crippen molar-refractivity contribution >= 4 is 19.4 Å². The smallest absolute Gasteiger partial charge is 0.328 e. The Kier molecular flexibility index (Phi) is 34.3. The zero-order valence-electron chi connectivity index (χ0n) is 36.1. The highest BCUT2D eigenvalue weighted by atomic mass is 31.2. The highest BCUT2D eigenvalue weighted by molar-refractivity contribution is 7.46. The molecule has 53 heavy (non-hydrogen) atoms. The summed E-state index contributed by atoms with van der Waals surface area (Å²) < 4.78 is 17.6. The molecule has 0 atom stereocenters. The van der Waals surface area contributed by atoms with Crippen LogP contribution >= 0.6 is 7.82 Å². The Hall–Kier alpha value is -0.590. The number of likely N-dealkylation sites (N-methyl/N-ethyl adjacent to an activating group) is 1. The molecule has 0 aromatic heterocycles. The van der Waals surface area contributed by atoms with E-state index in [-0.39, 0.29) is 23.9 Å². The molecule has 0 heterocycles. The monoisotopic (exact) mass is 773 g/mol. The van der Waals surface area contributed by atoms with Gasteiger partial charge in [0.2, 0.25) is 5.60 Å². The van der Waals surface area contributed by atoms with Gasteiger partial charge in [0.1, 0.15) is 6.54 Å². The van der Waals surface area contributed by atoms with Crippen LogP contribution < -0.4 is 0 Å². The second-order valence-corrected chi connectivity index (χ2v) is 18.7. The van der Waals surface area contributed by atoms with E-state index in [1.165, 1.54) is 167 Å². The summed E-state index contributed by atoms with van der Waals surface area (Å²) in [5.41, 5.74) is -2.11. The third kappa shape index (κ3) is 33.3. The van der Waals surface area contributed by atoms with Crippen LogP contribution in [0.5, 0.6) is 0 Å². The van der Waals surface area contributed by atoms with Gasteiger partial charge < -0.3 is 14.3 Å². The van der Waals surface area contributed by atoms with Crippen LogP contribution in [-0.2, 0) is 18.7 Å². The second-order valence-electron chi connectivity index (χ2n) is 17.5. The standard InChI is InChI=1S/C45H90NO6P/c1-6-8-10-12-14-16-18-20-22-24-26-28-30-32-34-36-38-40-43(47)45(42-46(3,4)5,52-53(49,50)51)44(48)41-39-37-35-33-31-29-27-25-23-21-19-17-15-13-11-9-7-2/h6-42H2,1-5H3,(H-,49,50,51)/p+1. The molecule has 0 bridgehead atoms. The number of hydrogen-bond donors (Lipinski definition) is 2. The van der Waals surface area contributed by atoms with E-state index in [2.05, 4.69) is 13.8 Å².